The summed E-state index contributed by atoms with van der Waals surface area (Å²) in [4.78, 5) is 4.28. The highest BCUT2D eigenvalue weighted by atomic mass is 16.5. The molecule has 0 radical (unpaired) electrons. The standard InChI is InChI=1S/C13H20N2O/c1-11(10-12-5-8-16-9-6-12)15-13-4-2-3-7-14-13/h2-4,7,11-12H,5-6,8-10H2,1H3,(H,14,15). The molecule has 3 nitrogen and oxygen atoms in total. The van der Waals surface area contributed by atoms with E-state index in [1.54, 1.807) is 0 Å². The van der Waals surface area contributed by atoms with Gasteiger partial charge in [-0.25, -0.2) is 4.98 Å². The van der Waals surface area contributed by atoms with Gasteiger partial charge in [0.25, 0.3) is 0 Å². The molecule has 1 fully saturated rings. The highest BCUT2D eigenvalue weighted by Crippen LogP contribution is 2.21. The largest absolute Gasteiger partial charge is 0.381 e. The van der Waals surface area contributed by atoms with Crippen molar-refractivity contribution < 1.29 is 4.74 Å². The quantitative estimate of drug-likeness (QED) is 0.847. The molecule has 2 rings (SSSR count). The summed E-state index contributed by atoms with van der Waals surface area (Å²) in [7, 11) is 0. The van der Waals surface area contributed by atoms with Crippen molar-refractivity contribution in [2.24, 2.45) is 5.92 Å². The third kappa shape index (κ3) is 3.49. The van der Waals surface area contributed by atoms with Crippen LogP contribution in [0.4, 0.5) is 5.82 Å². The zero-order chi connectivity index (χ0) is 11.2. The molecule has 0 amide bonds. The molecule has 1 saturated heterocycles. The molecule has 0 aliphatic carbocycles. The van der Waals surface area contributed by atoms with Gasteiger partial charge in [-0.15, -0.1) is 0 Å². The Hall–Kier alpha value is -1.09. The predicted molar refractivity (Wildman–Crippen MR) is 65.5 cm³/mol. The maximum atomic E-state index is 5.37. The van der Waals surface area contributed by atoms with Gasteiger partial charge in [0, 0.05) is 25.5 Å². The van der Waals surface area contributed by atoms with E-state index < -0.39 is 0 Å². The molecule has 0 saturated carbocycles. The zero-order valence-corrected chi connectivity index (χ0v) is 9.86. The number of rotatable bonds is 4. The molecule has 1 N–H and O–H groups in total. The van der Waals surface area contributed by atoms with Crippen LogP contribution in [0.5, 0.6) is 0 Å². The van der Waals surface area contributed by atoms with Crippen molar-refractivity contribution in [2.75, 3.05) is 18.5 Å². The molecule has 2 heterocycles. The van der Waals surface area contributed by atoms with Gasteiger partial charge in [-0.2, -0.15) is 0 Å². The second kappa shape index (κ2) is 5.85. The topological polar surface area (TPSA) is 34.1 Å². The Labute approximate surface area is 97.2 Å². The molecule has 0 aromatic carbocycles. The van der Waals surface area contributed by atoms with Gasteiger partial charge >= 0.3 is 0 Å². The molecule has 0 bridgehead atoms. The van der Waals surface area contributed by atoms with Crippen LogP contribution < -0.4 is 5.32 Å². The molecule has 16 heavy (non-hydrogen) atoms. The third-order valence-corrected chi connectivity index (χ3v) is 3.09. The number of pyridine rings is 1. The highest BCUT2D eigenvalue weighted by molar-refractivity contribution is 5.34. The number of aromatic nitrogens is 1. The van der Waals surface area contributed by atoms with E-state index in [0.29, 0.717) is 6.04 Å². The Morgan fingerprint density at radius 1 is 1.44 bits per heavy atom. The normalized spacial score (nSPS) is 19.3. The van der Waals surface area contributed by atoms with Crippen molar-refractivity contribution in [3.63, 3.8) is 0 Å². The summed E-state index contributed by atoms with van der Waals surface area (Å²) < 4.78 is 5.37. The SMILES string of the molecule is CC(CC1CCOCC1)Nc1ccccn1. The van der Waals surface area contributed by atoms with E-state index in [2.05, 4.69) is 17.2 Å². The molecule has 1 atom stereocenters. The monoisotopic (exact) mass is 220 g/mol. The van der Waals surface area contributed by atoms with Crippen LogP contribution in [0.3, 0.4) is 0 Å². The van der Waals surface area contributed by atoms with Crippen LogP contribution in [0.25, 0.3) is 0 Å². The van der Waals surface area contributed by atoms with E-state index in [1.807, 2.05) is 24.4 Å². The van der Waals surface area contributed by atoms with E-state index in [0.717, 1.165) is 24.9 Å². The molecule has 1 unspecified atom stereocenters. The molecule has 1 aromatic heterocycles. The lowest BCUT2D eigenvalue weighted by Crippen LogP contribution is -2.24. The van der Waals surface area contributed by atoms with E-state index >= 15 is 0 Å². The van der Waals surface area contributed by atoms with Gasteiger partial charge in [0.2, 0.25) is 0 Å². The minimum atomic E-state index is 0.484. The van der Waals surface area contributed by atoms with Crippen molar-refractivity contribution in [1.29, 1.82) is 0 Å². The molecule has 1 aromatic rings. The first-order valence-corrected chi connectivity index (χ1v) is 6.10. The van der Waals surface area contributed by atoms with Gasteiger partial charge in [-0.1, -0.05) is 6.07 Å². The summed E-state index contributed by atoms with van der Waals surface area (Å²) in [6, 6.07) is 6.45. The summed E-state index contributed by atoms with van der Waals surface area (Å²) in [6.45, 7) is 4.09. The Bertz CT molecular complexity index is 296. The van der Waals surface area contributed by atoms with Crippen molar-refractivity contribution >= 4 is 5.82 Å². The number of nitrogens with zero attached hydrogens (tertiary/aromatic N) is 1. The Morgan fingerprint density at radius 3 is 2.94 bits per heavy atom. The number of ether oxygens (including phenoxy) is 1. The van der Waals surface area contributed by atoms with Crippen LogP contribution in [0.1, 0.15) is 26.2 Å². The first-order valence-electron chi connectivity index (χ1n) is 6.10. The molecule has 1 aliphatic heterocycles. The summed E-state index contributed by atoms with van der Waals surface area (Å²) >= 11 is 0. The van der Waals surface area contributed by atoms with Crippen LogP contribution in [0.15, 0.2) is 24.4 Å². The minimum absolute atomic E-state index is 0.484. The maximum Gasteiger partial charge on any atom is 0.126 e. The maximum absolute atomic E-state index is 5.37. The summed E-state index contributed by atoms with van der Waals surface area (Å²) in [6.07, 6.45) is 5.44. The van der Waals surface area contributed by atoms with Crippen LogP contribution >= 0.6 is 0 Å². The lowest BCUT2D eigenvalue weighted by atomic mass is 9.93. The summed E-state index contributed by atoms with van der Waals surface area (Å²) in [5.74, 6) is 1.78. The number of hydrogen-bond donors (Lipinski definition) is 1. The second-order valence-electron chi connectivity index (χ2n) is 4.55. The zero-order valence-electron chi connectivity index (χ0n) is 9.86. The summed E-state index contributed by atoms with van der Waals surface area (Å²) in [5.41, 5.74) is 0. The second-order valence-corrected chi connectivity index (χ2v) is 4.55. The minimum Gasteiger partial charge on any atom is -0.381 e. The van der Waals surface area contributed by atoms with Gasteiger partial charge in [0.15, 0.2) is 0 Å². The van der Waals surface area contributed by atoms with Crippen molar-refractivity contribution in [2.45, 2.75) is 32.2 Å². The molecule has 0 spiro atoms. The van der Waals surface area contributed by atoms with Crippen LogP contribution in [0.2, 0.25) is 0 Å². The Kier molecular flexibility index (Phi) is 4.17. The molecular weight excluding hydrogens is 200 g/mol. The predicted octanol–water partition coefficient (Wildman–Crippen LogP) is 2.70. The lowest BCUT2D eigenvalue weighted by Gasteiger charge is -2.25. The fraction of sp³-hybridized carbons (Fsp3) is 0.615. The van der Waals surface area contributed by atoms with Crippen LogP contribution in [-0.4, -0.2) is 24.2 Å². The average molecular weight is 220 g/mol. The summed E-state index contributed by atoms with van der Waals surface area (Å²) in [5, 5.41) is 3.44. The van der Waals surface area contributed by atoms with E-state index in [1.165, 1.54) is 19.3 Å². The smallest absolute Gasteiger partial charge is 0.126 e. The lowest BCUT2D eigenvalue weighted by molar-refractivity contribution is 0.0629. The van der Waals surface area contributed by atoms with Crippen molar-refractivity contribution in [3.05, 3.63) is 24.4 Å². The van der Waals surface area contributed by atoms with Gasteiger partial charge in [0.05, 0.1) is 0 Å². The van der Waals surface area contributed by atoms with E-state index in [9.17, 15) is 0 Å². The molecule has 1 aliphatic rings. The van der Waals surface area contributed by atoms with Crippen LogP contribution in [-0.2, 0) is 4.74 Å². The molecule has 3 heteroatoms. The third-order valence-electron chi connectivity index (χ3n) is 3.09. The van der Waals surface area contributed by atoms with Crippen molar-refractivity contribution in [3.8, 4) is 0 Å². The van der Waals surface area contributed by atoms with E-state index in [4.69, 9.17) is 4.74 Å². The number of anilines is 1. The van der Waals surface area contributed by atoms with Gasteiger partial charge < -0.3 is 10.1 Å². The first kappa shape index (κ1) is 11.4. The fourth-order valence-corrected chi connectivity index (χ4v) is 2.24. The molecular formula is C13H20N2O. The Balaban J connectivity index is 1.77. The van der Waals surface area contributed by atoms with Gasteiger partial charge in [-0.3, -0.25) is 0 Å². The van der Waals surface area contributed by atoms with Crippen LogP contribution in [0, 0.1) is 5.92 Å². The first-order chi connectivity index (χ1) is 7.84. The van der Waals surface area contributed by atoms with E-state index in [-0.39, 0.29) is 0 Å². The number of nitrogens with one attached hydrogen (secondary N) is 1. The highest BCUT2D eigenvalue weighted by Gasteiger charge is 2.16. The molecule has 88 valence electrons. The Morgan fingerprint density at radius 2 is 2.25 bits per heavy atom. The average Bonchev–Trinajstić information content (AvgIpc) is 2.31. The van der Waals surface area contributed by atoms with Gasteiger partial charge in [0.1, 0.15) is 5.82 Å². The van der Waals surface area contributed by atoms with Gasteiger partial charge in [-0.05, 0) is 44.2 Å². The fourth-order valence-electron chi connectivity index (χ4n) is 2.24. The van der Waals surface area contributed by atoms with Crippen molar-refractivity contribution in [1.82, 2.24) is 4.98 Å². The number of hydrogen-bond acceptors (Lipinski definition) is 3.